The Bertz CT molecular complexity index is 257. The molecule has 15 heavy (non-hydrogen) atoms. The van der Waals surface area contributed by atoms with Crippen LogP contribution in [0.3, 0.4) is 0 Å². The van der Waals surface area contributed by atoms with Crippen molar-refractivity contribution in [2.24, 2.45) is 0 Å². The van der Waals surface area contributed by atoms with Crippen LogP contribution in [-0.2, 0) is 14.3 Å². The highest BCUT2D eigenvalue weighted by atomic mass is 28.3. The van der Waals surface area contributed by atoms with Crippen molar-refractivity contribution in [3.63, 3.8) is 0 Å². The van der Waals surface area contributed by atoms with Crippen LogP contribution >= 0.6 is 0 Å². The second-order valence-electron chi connectivity index (χ2n) is 4.25. The van der Waals surface area contributed by atoms with Gasteiger partial charge in [0, 0.05) is 7.11 Å². The minimum atomic E-state index is -1.40. The summed E-state index contributed by atoms with van der Waals surface area (Å²) in [6.07, 6.45) is -0.127. The summed E-state index contributed by atoms with van der Waals surface area (Å²) in [6.45, 7) is 8.63. The van der Waals surface area contributed by atoms with Gasteiger partial charge in [-0.25, -0.2) is 0 Å². The quantitative estimate of drug-likeness (QED) is 0.418. The summed E-state index contributed by atoms with van der Waals surface area (Å²) in [4.78, 5) is 11.2. The molecule has 0 bridgehead atoms. The Hall–Kier alpha value is -0.793. The summed E-state index contributed by atoms with van der Waals surface area (Å²) in [7, 11) is 0.159. The van der Waals surface area contributed by atoms with E-state index >= 15 is 0 Å². The largest absolute Gasteiger partial charge is 0.466 e. The van der Waals surface area contributed by atoms with Crippen LogP contribution in [0, 0.1) is 11.5 Å². The van der Waals surface area contributed by atoms with E-state index in [4.69, 9.17) is 9.47 Å². The Morgan fingerprint density at radius 3 is 2.40 bits per heavy atom. The van der Waals surface area contributed by atoms with E-state index in [-0.39, 0.29) is 18.5 Å². The molecule has 0 spiro atoms. The number of hydrogen-bond acceptors (Lipinski definition) is 3. The molecule has 0 aliphatic rings. The van der Waals surface area contributed by atoms with E-state index in [0.29, 0.717) is 6.61 Å². The molecule has 86 valence electrons. The smallest absolute Gasteiger partial charge is 0.309 e. The van der Waals surface area contributed by atoms with Crippen molar-refractivity contribution < 1.29 is 14.3 Å². The predicted octanol–water partition coefficient (Wildman–Crippen LogP) is 1.84. The normalized spacial score (nSPS) is 12.6. The summed E-state index contributed by atoms with van der Waals surface area (Å²) < 4.78 is 9.94. The molecule has 0 N–H and O–H groups in total. The van der Waals surface area contributed by atoms with Gasteiger partial charge in [-0.1, -0.05) is 25.6 Å². The molecule has 3 nitrogen and oxygen atoms in total. The molecule has 0 aromatic rings. The van der Waals surface area contributed by atoms with Crippen LogP contribution in [0.15, 0.2) is 0 Å². The van der Waals surface area contributed by atoms with Gasteiger partial charge >= 0.3 is 5.97 Å². The first-order valence-corrected chi connectivity index (χ1v) is 8.60. The van der Waals surface area contributed by atoms with Gasteiger partial charge in [-0.2, -0.15) is 0 Å². The van der Waals surface area contributed by atoms with Crippen molar-refractivity contribution in [2.45, 2.75) is 39.1 Å². The third-order valence-electron chi connectivity index (χ3n) is 1.55. The van der Waals surface area contributed by atoms with Gasteiger partial charge in [0.1, 0.15) is 14.2 Å². The fraction of sp³-hybridized carbons (Fsp3) is 0.727. The Labute approximate surface area is 93.2 Å². The zero-order valence-electron chi connectivity index (χ0n) is 10.2. The van der Waals surface area contributed by atoms with Gasteiger partial charge in [0.25, 0.3) is 0 Å². The van der Waals surface area contributed by atoms with Crippen LogP contribution < -0.4 is 0 Å². The topological polar surface area (TPSA) is 35.5 Å². The van der Waals surface area contributed by atoms with Gasteiger partial charge in [-0.15, -0.1) is 5.54 Å². The van der Waals surface area contributed by atoms with Crippen molar-refractivity contribution in [2.75, 3.05) is 13.7 Å². The lowest BCUT2D eigenvalue weighted by Gasteiger charge is -2.09. The number of esters is 1. The fourth-order valence-corrected chi connectivity index (χ4v) is 1.46. The van der Waals surface area contributed by atoms with Crippen LogP contribution in [0.1, 0.15) is 13.3 Å². The lowest BCUT2D eigenvalue weighted by molar-refractivity contribution is -0.144. The number of rotatable bonds is 4. The molecule has 0 saturated heterocycles. The third kappa shape index (κ3) is 8.22. The molecule has 0 fully saturated rings. The fourth-order valence-electron chi connectivity index (χ4n) is 0.862. The molecule has 0 aliphatic heterocycles. The van der Waals surface area contributed by atoms with E-state index < -0.39 is 8.07 Å². The maximum absolute atomic E-state index is 11.2. The van der Waals surface area contributed by atoms with Gasteiger partial charge in [-0.3, -0.25) is 4.79 Å². The number of carbonyl (C=O) groups excluding carboxylic acids is 1. The molecule has 0 amide bonds. The van der Waals surface area contributed by atoms with Crippen LogP contribution in [0.5, 0.6) is 0 Å². The lowest BCUT2D eigenvalue weighted by atomic mass is 10.3. The average molecular weight is 228 g/mol. The number of carbonyl (C=O) groups is 1. The van der Waals surface area contributed by atoms with Crippen LogP contribution in [-0.4, -0.2) is 33.9 Å². The summed E-state index contributed by atoms with van der Waals surface area (Å²) in [5, 5.41) is 0. The second-order valence-corrected chi connectivity index (χ2v) is 9.00. The minimum Gasteiger partial charge on any atom is -0.466 e. The number of hydrogen-bond donors (Lipinski definition) is 0. The minimum absolute atomic E-state index is 0.210. The molecule has 4 heteroatoms. The first-order chi connectivity index (χ1) is 6.89. The zero-order chi connectivity index (χ0) is 11.9. The molecule has 0 heterocycles. The van der Waals surface area contributed by atoms with Crippen molar-refractivity contribution in [3.8, 4) is 11.5 Å². The lowest BCUT2D eigenvalue weighted by Crippen LogP contribution is -2.20. The molecule has 0 aromatic heterocycles. The van der Waals surface area contributed by atoms with Gasteiger partial charge in [0.2, 0.25) is 0 Å². The molecule has 1 atom stereocenters. The van der Waals surface area contributed by atoms with Gasteiger partial charge in [-0.05, 0) is 6.92 Å². The van der Waals surface area contributed by atoms with Gasteiger partial charge in [0.15, 0.2) is 0 Å². The Morgan fingerprint density at radius 2 is 2.00 bits per heavy atom. The number of methoxy groups -OCH3 is 1. The summed E-state index contributed by atoms with van der Waals surface area (Å²) >= 11 is 0. The van der Waals surface area contributed by atoms with E-state index in [1.54, 1.807) is 14.0 Å². The second kappa shape index (κ2) is 6.65. The molecule has 0 radical (unpaired) electrons. The maximum atomic E-state index is 11.2. The zero-order valence-corrected chi connectivity index (χ0v) is 11.2. The number of ether oxygens (including phenoxy) is 2. The van der Waals surface area contributed by atoms with Crippen molar-refractivity contribution in [1.29, 1.82) is 0 Å². The molecule has 0 rings (SSSR count). The Balaban J connectivity index is 4.24. The SMILES string of the molecule is CCOC(=O)C[C@H](C#C[Si](C)(C)C)OC. The maximum Gasteiger partial charge on any atom is 0.309 e. The first kappa shape index (κ1) is 14.2. The molecule has 0 aliphatic carbocycles. The Morgan fingerprint density at radius 1 is 1.40 bits per heavy atom. The van der Waals surface area contributed by atoms with E-state index in [9.17, 15) is 4.79 Å². The van der Waals surface area contributed by atoms with Crippen molar-refractivity contribution >= 4 is 14.0 Å². The van der Waals surface area contributed by atoms with E-state index in [1.807, 2.05) is 0 Å². The molecule has 0 saturated carbocycles. The van der Waals surface area contributed by atoms with Crippen LogP contribution in [0.2, 0.25) is 19.6 Å². The van der Waals surface area contributed by atoms with E-state index in [2.05, 4.69) is 31.1 Å². The van der Waals surface area contributed by atoms with E-state index in [1.165, 1.54) is 0 Å². The molecule has 0 aromatic carbocycles. The monoisotopic (exact) mass is 228 g/mol. The van der Waals surface area contributed by atoms with Crippen LogP contribution in [0.25, 0.3) is 0 Å². The van der Waals surface area contributed by atoms with Gasteiger partial charge < -0.3 is 9.47 Å². The highest BCUT2D eigenvalue weighted by Gasteiger charge is 2.13. The molecule has 0 unspecified atom stereocenters. The average Bonchev–Trinajstić information content (AvgIpc) is 2.11. The summed E-state index contributed by atoms with van der Waals surface area (Å²) in [6, 6.07) is 0. The molecular formula is C11H20O3Si. The standard InChI is InChI=1S/C11H20O3Si/c1-6-14-11(12)9-10(13-2)7-8-15(3,4)5/h10H,6,9H2,1-5H3/t10-/m0/s1. The third-order valence-corrected chi connectivity index (χ3v) is 2.44. The summed E-state index contributed by atoms with van der Waals surface area (Å²) in [5.41, 5.74) is 3.18. The Kier molecular flexibility index (Phi) is 6.30. The van der Waals surface area contributed by atoms with Crippen molar-refractivity contribution in [3.05, 3.63) is 0 Å². The molecular weight excluding hydrogens is 208 g/mol. The predicted molar refractivity (Wildman–Crippen MR) is 63.2 cm³/mol. The van der Waals surface area contributed by atoms with Crippen molar-refractivity contribution in [1.82, 2.24) is 0 Å². The highest BCUT2D eigenvalue weighted by molar-refractivity contribution is 6.83. The van der Waals surface area contributed by atoms with E-state index in [0.717, 1.165) is 0 Å². The van der Waals surface area contributed by atoms with Gasteiger partial charge in [0.05, 0.1) is 13.0 Å². The van der Waals surface area contributed by atoms with Crippen LogP contribution in [0.4, 0.5) is 0 Å². The summed E-state index contributed by atoms with van der Waals surface area (Å²) in [5.74, 6) is 2.73. The highest BCUT2D eigenvalue weighted by Crippen LogP contribution is 2.01. The first-order valence-electron chi connectivity index (χ1n) is 5.10.